The molecule has 2 unspecified atom stereocenters. The van der Waals surface area contributed by atoms with Crippen molar-refractivity contribution in [3.05, 3.63) is 0 Å². The zero-order valence-electron chi connectivity index (χ0n) is 15.4. The molecule has 1 N–H and O–H groups in total. The van der Waals surface area contributed by atoms with Gasteiger partial charge in [-0.05, 0) is 19.8 Å². The molecule has 0 aromatic rings. The maximum Gasteiger partial charge on any atom is 1.00 e. The van der Waals surface area contributed by atoms with Crippen LogP contribution in [0.3, 0.4) is 0 Å². The number of aliphatic hydroxyl groups is 1. The Hall–Kier alpha value is 0.870. The monoisotopic (exact) mass is 358 g/mol. The average Bonchev–Trinajstić information content (AvgIpc) is 2.42. The molecule has 0 rings (SSSR count). The molecule has 6 heteroatoms. The van der Waals surface area contributed by atoms with Crippen LogP contribution in [0.5, 0.6) is 0 Å². The molecule has 0 aromatic heterocycles. The fourth-order valence-electron chi connectivity index (χ4n) is 2.80. The minimum atomic E-state index is -4.28. The van der Waals surface area contributed by atoms with Crippen molar-refractivity contribution in [1.82, 2.24) is 0 Å². The minimum Gasteiger partial charge on any atom is -0.748 e. The van der Waals surface area contributed by atoms with E-state index in [1.54, 1.807) is 0 Å². The summed E-state index contributed by atoms with van der Waals surface area (Å²) in [6.45, 7) is 3.75. The standard InChI is InChI=1S/C17H36O4S.Na/c1-3-4-5-6-7-8-9-10-11-12-13-14-17(15-16(2)18)22(19,20)21;/h16-18H,3-15H2,1-2H3,(H,19,20,21);/q;+1/p-1. The van der Waals surface area contributed by atoms with E-state index in [9.17, 15) is 18.1 Å². The third-order valence-corrected chi connectivity index (χ3v) is 5.39. The first kappa shape index (κ1) is 26.1. The summed E-state index contributed by atoms with van der Waals surface area (Å²) in [5.74, 6) is 0. The normalized spacial score (nSPS) is 14.3. The van der Waals surface area contributed by atoms with Crippen LogP contribution in [0.15, 0.2) is 0 Å². The van der Waals surface area contributed by atoms with Gasteiger partial charge >= 0.3 is 29.6 Å². The molecular formula is C17H35NaO4S. The van der Waals surface area contributed by atoms with Crippen LogP contribution < -0.4 is 29.6 Å². The van der Waals surface area contributed by atoms with Gasteiger partial charge < -0.3 is 9.66 Å². The van der Waals surface area contributed by atoms with Crippen molar-refractivity contribution in [2.45, 2.75) is 109 Å². The van der Waals surface area contributed by atoms with Crippen LogP contribution in [0, 0.1) is 0 Å². The quantitative estimate of drug-likeness (QED) is 0.272. The van der Waals surface area contributed by atoms with Crippen molar-refractivity contribution >= 4 is 10.1 Å². The second-order valence-corrected chi connectivity index (χ2v) is 8.18. The summed E-state index contributed by atoms with van der Waals surface area (Å²) < 4.78 is 33.3. The van der Waals surface area contributed by atoms with Gasteiger partial charge in [0.25, 0.3) is 0 Å². The molecule has 0 radical (unpaired) electrons. The van der Waals surface area contributed by atoms with Crippen LogP contribution in [-0.2, 0) is 10.1 Å². The predicted molar refractivity (Wildman–Crippen MR) is 90.9 cm³/mol. The van der Waals surface area contributed by atoms with Crippen LogP contribution in [0.25, 0.3) is 0 Å². The van der Waals surface area contributed by atoms with Crippen LogP contribution in [0.1, 0.15) is 97.3 Å². The van der Waals surface area contributed by atoms with Crippen LogP contribution >= 0.6 is 0 Å². The number of hydrogen-bond donors (Lipinski definition) is 1. The molecule has 0 bridgehead atoms. The van der Waals surface area contributed by atoms with Crippen molar-refractivity contribution in [3.8, 4) is 0 Å². The Morgan fingerprint density at radius 2 is 1.26 bits per heavy atom. The summed E-state index contributed by atoms with van der Waals surface area (Å²) in [7, 11) is -4.28. The molecule has 0 aliphatic heterocycles. The molecule has 0 aliphatic carbocycles. The van der Waals surface area contributed by atoms with Crippen LogP contribution in [0.2, 0.25) is 0 Å². The molecule has 134 valence electrons. The number of aliphatic hydroxyl groups excluding tert-OH is 1. The molecule has 0 fully saturated rings. The number of hydrogen-bond acceptors (Lipinski definition) is 4. The Bertz CT molecular complexity index is 345. The number of unbranched alkanes of at least 4 members (excludes halogenated alkanes) is 10. The summed E-state index contributed by atoms with van der Waals surface area (Å²) in [6, 6.07) is 0. The van der Waals surface area contributed by atoms with E-state index in [0.29, 0.717) is 6.42 Å². The van der Waals surface area contributed by atoms with E-state index >= 15 is 0 Å². The fraction of sp³-hybridized carbons (Fsp3) is 1.00. The molecule has 0 heterocycles. The molecule has 2 atom stereocenters. The summed E-state index contributed by atoms with van der Waals surface area (Å²) in [6.07, 6.45) is 12.9. The maximum atomic E-state index is 11.1. The van der Waals surface area contributed by atoms with Crippen LogP contribution in [-0.4, -0.2) is 29.4 Å². The van der Waals surface area contributed by atoms with Crippen molar-refractivity contribution in [3.63, 3.8) is 0 Å². The van der Waals surface area contributed by atoms with Gasteiger partial charge in [0.1, 0.15) is 0 Å². The minimum absolute atomic E-state index is 0. The zero-order valence-corrected chi connectivity index (χ0v) is 18.2. The van der Waals surface area contributed by atoms with E-state index in [0.717, 1.165) is 19.3 Å². The van der Waals surface area contributed by atoms with E-state index in [1.807, 2.05) is 0 Å². The van der Waals surface area contributed by atoms with Crippen molar-refractivity contribution in [2.24, 2.45) is 0 Å². The van der Waals surface area contributed by atoms with Gasteiger partial charge in [-0.2, -0.15) is 0 Å². The summed E-state index contributed by atoms with van der Waals surface area (Å²) in [4.78, 5) is 0. The first-order valence-corrected chi connectivity index (χ1v) is 10.5. The van der Waals surface area contributed by atoms with Crippen molar-refractivity contribution in [2.75, 3.05) is 0 Å². The smallest absolute Gasteiger partial charge is 0.748 e. The van der Waals surface area contributed by atoms with Gasteiger partial charge in [-0.25, -0.2) is 8.42 Å². The van der Waals surface area contributed by atoms with Gasteiger partial charge in [0.05, 0.1) is 21.5 Å². The maximum absolute atomic E-state index is 11.1. The molecule has 0 aliphatic rings. The second-order valence-electron chi connectivity index (χ2n) is 6.52. The SMILES string of the molecule is CCCCCCCCCCCCCC(CC(C)O)S(=O)(=O)[O-].[Na+]. The number of rotatable bonds is 15. The first-order chi connectivity index (χ1) is 10.4. The summed E-state index contributed by atoms with van der Waals surface area (Å²) in [5, 5.41) is 8.33. The fourth-order valence-corrected chi connectivity index (χ4v) is 3.77. The van der Waals surface area contributed by atoms with Gasteiger partial charge in [-0.1, -0.05) is 77.6 Å². The van der Waals surface area contributed by atoms with Crippen molar-refractivity contribution < 1.29 is 47.6 Å². The van der Waals surface area contributed by atoms with Gasteiger partial charge in [0.2, 0.25) is 0 Å². The second kappa shape index (κ2) is 16.3. The molecule has 0 amide bonds. The Balaban J connectivity index is 0. The average molecular weight is 359 g/mol. The van der Waals surface area contributed by atoms with E-state index < -0.39 is 21.5 Å². The zero-order chi connectivity index (χ0) is 16.8. The Labute approximate surface area is 165 Å². The molecule has 23 heavy (non-hydrogen) atoms. The van der Waals surface area contributed by atoms with Gasteiger partial charge in [-0.3, -0.25) is 0 Å². The summed E-state index contributed by atoms with van der Waals surface area (Å²) in [5.41, 5.74) is 0. The molecular weight excluding hydrogens is 323 g/mol. The van der Waals surface area contributed by atoms with Gasteiger partial charge in [0, 0.05) is 0 Å². The molecule has 0 saturated carbocycles. The Morgan fingerprint density at radius 1 is 0.870 bits per heavy atom. The van der Waals surface area contributed by atoms with E-state index in [4.69, 9.17) is 0 Å². The van der Waals surface area contributed by atoms with E-state index in [1.165, 1.54) is 58.3 Å². The Morgan fingerprint density at radius 3 is 1.61 bits per heavy atom. The largest absolute Gasteiger partial charge is 1.00 e. The predicted octanol–water partition coefficient (Wildman–Crippen LogP) is 1.38. The third kappa shape index (κ3) is 17.5. The third-order valence-electron chi connectivity index (χ3n) is 4.14. The van der Waals surface area contributed by atoms with Gasteiger partial charge in [-0.15, -0.1) is 0 Å². The van der Waals surface area contributed by atoms with Crippen LogP contribution in [0.4, 0.5) is 0 Å². The first-order valence-electron chi connectivity index (χ1n) is 9.00. The van der Waals surface area contributed by atoms with Gasteiger partial charge in [0.15, 0.2) is 0 Å². The van der Waals surface area contributed by atoms with Crippen molar-refractivity contribution in [1.29, 1.82) is 0 Å². The molecule has 0 aromatic carbocycles. The summed E-state index contributed by atoms with van der Waals surface area (Å²) >= 11 is 0. The topological polar surface area (TPSA) is 77.4 Å². The molecule has 0 saturated heterocycles. The van der Waals surface area contributed by atoms with E-state index in [-0.39, 0.29) is 36.0 Å². The van der Waals surface area contributed by atoms with E-state index in [2.05, 4.69) is 6.92 Å². The molecule has 4 nitrogen and oxygen atoms in total. The Kier molecular flexibility index (Phi) is 18.5. The molecule has 0 spiro atoms.